The van der Waals surface area contributed by atoms with Gasteiger partial charge in [0.05, 0.1) is 6.61 Å². The number of likely N-dealkylation sites (N-methyl/N-ethyl adjacent to an activating group) is 1. The van der Waals surface area contributed by atoms with E-state index >= 15 is 0 Å². The first-order valence-electron chi connectivity index (χ1n) is 7.36. The molecule has 0 aliphatic heterocycles. The van der Waals surface area contributed by atoms with E-state index in [1.165, 1.54) is 0 Å². The van der Waals surface area contributed by atoms with Crippen LogP contribution in [0.2, 0.25) is 0 Å². The molecular weight excluding hydrogens is 254 g/mol. The van der Waals surface area contributed by atoms with Crippen molar-refractivity contribution in [2.24, 2.45) is 0 Å². The predicted molar refractivity (Wildman–Crippen MR) is 79.6 cm³/mol. The summed E-state index contributed by atoms with van der Waals surface area (Å²) in [4.78, 5) is 16.5. The molecule has 0 aliphatic carbocycles. The number of hydrogen-bond acceptors (Lipinski definition) is 4. The molecule has 0 aromatic carbocycles. The fourth-order valence-corrected chi connectivity index (χ4v) is 2.43. The first kappa shape index (κ1) is 16.7. The van der Waals surface area contributed by atoms with Gasteiger partial charge in [0.15, 0.2) is 0 Å². The summed E-state index contributed by atoms with van der Waals surface area (Å²) in [5.74, 6) is 0.869. The molecule has 2 unspecified atom stereocenters. The summed E-state index contributed by atoms with van der Waals surface area (Å²) in [6.45, 7) is 8.36. The van der Waals surface area contributed by atoms with E-state index in [4.69, 9.17) is 4.74 Å². The summed E-state index contributed by atoms with van der Waals surface area (Å²) in [5.41, 5.74) is -0.677. The minimum Gasteiger partial charge on any atom is -0.465 e. The summed E-state index contributed by atoms with van der Waals surface area (Å²) >= 11 is 0. The Morgan fingerprint density at radius 1 is 1.55 bits per heavy atom. The van der Waals surface area contributed by atoms with E-state index < -0.39 is 5.54 Å². The third-order valence-corrected chi connectivity index (χ3v) is 3.68. The summed E-state index contributed by atoms with van der Waals surface area (Å²) in [7, 11) is 1.80. The molecule has 0 bridgehead atoms. The third kappa shape index (κ3) is 3.82. The van der Waals surface area contributed by atoms with Crippen molar-refractivity contribution in [2.45, 2.75) is 58.5 Å². The van der Waals surface area contributed by atoms with Gasteiger partial charge in [-0.1, -0.05) is 6.92 Å². The van der Waals surface area contributed by atoms with Crippen molar-refractivity contribution >= 4 is 5.97 Å². The lowest BCUT2D eigenvalue weighted by atomic mass is 9.93. The highest BCUT2D eigenvalue weighted by Crippen LogP contribution is 2.23. The Morgan fingerprint density at radius 2 is 2.25 bits per heavy atom. The zero-order chi connectivity index (χ0) is 15.2. The van der Waals surface area contributed by atoms with Gasteiger partial charge in [-0.25, -0.2) is 4.98 Å². The van der Waals surface area contributed by atoms with E-state index in [-0.39, 0.29) is 12.0 Å². The van der Waals surface area contributed by atoms with Gasteiger partial charge >= 0.3 is 5.97 Å². The van der Waals surface area contributed by atoms with Gasteiger partial charge in [-0.05, 0) is 40.7 Å². The van der Waals surface area contributed by atoms with E-state index in [2.05, 4.69) is 28.7 Å². The topological polar surface area (TPSA) is 56.2 Å². The number of rotatable bonds is 8. The Bertz CT molecular complexity index is 431. The maximum atomic E-state index is 12.1. The Kier molecular flexibility index (Phi) is 6.20. The summed E-state index contributed by atoms with van der Waals surface area (Å²) in [6.07, 6.45) is 6.48. The molecule has 0 spiro atoms. The number of carbonyl (C=O) groups is 1. The molecule has 1 N–H and O–H groups in total. The summed E-state index contributed by atoms with van der Waals surface area (Å²) < 4.78 is 7.32. The second-order valence-electron chi connectivity index (χ2n) is 5.36. The minimum atomic E-state index is -0.677. The molecule has 114 valence electrons. The molecule has 0 saturated carbocycles. The van der Waals surface area contributed by atoms with Crippen LogP contribution in [0.25, 0.3) is 0 Å². The van der Waals surface area contributed by atoms with E-state index in [1.807, 2.05) is 26.2 Å². The van der Waals surface area contributed by atoms with Crippen molar-refractivity contribution in [1.82, 2.24) is 14.9 Å². The zero-order valence-electron chi connectivity index (χ0n) is 13.3. The number of nitrogens with one attached hydrogen (secondary N) is 1. The number of aryl methyl sites for hydroxylation is 1. The second-order valence-corrected chi connectivity index (χ2v) is 5.36. The third-order valence-electron chi connectivity index (χ3n) is 3.68. The van der Waals surface area contributed by atoms with Crippen LogP contribution in [0.1, 0.15) is 52.4 Å². The van der Waals surface area contributed by atoms with Crippen molar-refractivity contribution < 1.29 is 9.53 Å². The quantitative estimate of drug-likeness (QED) is 0.743. The molecular formula is C15H27N3O2. The molecule has 2 atom stereocenters. The number of aromatic nitrogens is 2. The normalized spacial score (nSPS) is 15.7. The van der Waals surface area contributed by atoms with Crippen molar-refractivity contribution in [3.63, 3.8) is 0 Å². The lowest BCUT2D eigenvalue weighted by Gasteiger charge is -2.30. The Morgan fingerprint density at radius 3 is 2.80 bits per heavy atom. The molecule has 0 fully saturated rings. The molecule has 0 amide bonds. The SMILES string of the molecule is CCCc1nccn1C(C)CC(C)(NC)C(=O)OCC. The van der Waals surface area contributed by atoms with Gasteiger partial charge in [0, 0.05) is 24.9 Å². The molecule has 0 saturated heterocycles. The van der Waals surface area contributed by atoms with Gasteiger partial charge in [-0.3, -0.25) is 4.79 Å². The highest BCUT2D eigenvalue weighted by molar-refractivity contribution is 5.80. The van der Waals surface area contributed by atoms with Crippen LogP contribution in [-0.2, 0) is 16.0 Å². The van der Waals surface area contributed by atoms with Crippen LogP contribution >= 0.6 is 0 Å². The second kappa shape index (κ2) is 7.43. The number of ether oxygens (including phenoxy) is 1. The number of nitrogens with zero attached hydrogens (tertiary/aromatic N) is 2. The van der Waals surface area contributed by atoms with E-state index in [0.717, 1.165) is 18.7 Å². The number of hydrogen-bond donors (Lipinski definition) is 1. The van der Waals surface area contributed by atoms with Crippen molar-refractivity contribution in [3.05, 3.63) is 18.2 Å². The fraction of sp³-hybridized carbons (Fsp3) is 0.733. The van der Waals surface area contributed by atoms with Crippen LogP contribution in [0.3, 0.4) is 0 Å². The molecule has 0 aliphatic rings. The van der Waals surface area contributed by atoms with Crippen molar-refractivity contribution in [1.29, 1.82) is 0 Å². The molecule has 1 aromatic heterocycles. The number of imidazole rings is 1. The minimum absolute atomic E-state index is 0.181. The first-order chi connectivity index (χ1) is 9.48. The monoisotopic (exact) mass is 281 g/mol. The van der Waals surface area contributed by atoms with Gasteiger partial charge in [-0.2, -0.15) is 0 Å². The molecule has 5 heteroatoms. The fourth-order valence-electron chi connectivity index (χ4n) is 2.43. The Hall–Kier alpha value is -1.36. The van der Waals surface area contributed by atoms with Crippen LogP contribution in [0, 0.1) is 0 Å². The number of carbonyl (C=O) groups excluding carboxylic acids is 1. The van der Waals surface area contributed by atoms with Gasteiger partial charge < -0.3 is 14.6 Å². The van der Waals surface area contributed by atoms with Crippen molar-refractivity contribution in [3.8, 4) is 0 Å². The molecule has 1 aromatic rings. The molecule has 1 heterocycles. The largest absolute Gasteiger partial charge is 0.465 e. The predicted octanol–water partition coefficient (Wildman–Crippen LogP) is 2.33. The van der Waals surface area contributed by atoms with Crippen LogP contribution in [-0.4, -0.2) is 34.7 Å². The average Bonchev–Trinajstić information content (AvgIpc) is 2.87. The maximum Gasteiger partial charge on any atom is 0.326 e. The van der Waals surface area contributed by atoms with E-state index in [0.29, 0.717) is 13.0 Å². The lowest BCUT2D eigenvalue weighted by Crippen LogP contribution is -2.50. The number of esters is 1. The lowest BCUT2D eigenvalue weighted by molar-refractivity contribution is -0.151. The zero-order valence-corrected chi connectivity index (χ0v) is 13.3. The summed E-state index contributed by atoms with van der Waals surface area (Å²) in [6, 6.07) is 0.181. The van der Waals surface area contributed by atoms with Gasteiger partial charge in [-0.15, -0.1) is 0 Å². The maximum absolute atomic E-state index is 12.1. The Balaban J connectivity index is 2.83. The van der Waals surface area contributed by atoms with Gasteiger partial charge in [0.25, 0.3) is 0 Å². The summed E-state index contributed by atoms with van der Waals surface area (Å²) in [5, 5.41) is 3.10. The average molecular weight is 281 g/mol. The van der Waals surface area contributed by atoms with Crippen LogP contribution in [0.15, 0.2) is 12.4 Å². The van der Waals surface area contributed by atoms with Crippen LogP contribution in [0.4, 0.5) is 0 Å². The standard InChI is InChI=1S/C15H27N3O2/c1-6-8-13-17-9-10-18(13)12(3)11-15(4,16-5)14(19)20-7-2/h9-10,12,16H,6-8,11H2,1-5H3. The smallest absolute Gasteiger partial charge is 0.326 e. The van der Waals surface area contributed by atoms with Gasteiger partial charge in [0.1, 0.15) is 11.4 Å². The Labute approximate surface area is 121 Å². The van der Waals surface area contributed by atoms with Crippen molar-refractivity contribution in [2.75, 3.05) is 13.7 Å². The van der Waals surface area contributed by atoms with E-state index in [9.17, 15) is 4.79 Å². The highest BCUT2D eigenvalue weighted by Gasteiger charge is 2.35. The molecule has 0 radical (unpaired) electrons. The molecule has 1 rings (SSSR count). The first-order valence-corrected chi connectivity index (χ1v) is 7.36. The van der Waals surface area contributed by atoms with Crippen LogP contribution < -0.4 is 5.32 Å². The van der Waals surface area contributed by atoms with E-state index in [1.54, 1.807) is 7.05 Å². The highest BCUT2D eigenvalue weighted by atomic mass is 16.5. The molecule has 20 heavy (non-hydrogen) atoms. The molecule has 5 nitrogen and oxygen atoms in total. The van der Waals surface area contributed by atoms with Gasteiger partial charge in [0.2, 0.25) is 0 Å². The van der Waals surface area contributed by atoms with Crippen LogP contribution in [0.5, 0.6) is 0 Å².